The highest BCUT2D eigenvalue weighted by atomic mass is 35.5. The van der Waals surface area contributed by atoms with E-state index in [0.29, 0.717) is 0 Å². The third kappa shape index (κ3) is 4.47. The van der Waals surface area contributed by atoms with Crippen molar-refractivity contribution in [1.29, 1.82) is 0 Å². The van der Waals surface area contributed by atoms with Gasteiger partial charge in [-0.05, 0) is 56.9 Å². The van der Waals surface area contributed by atoms with Crippen LogP contribution in [0, 0.1) is 0 Å². The maximum absolute atomic E-state index is 3.37. The largest absolute Gasteiger partial charge is 0.317 e. The van der Waals surface area contributed by atoms with Gasteiger partial charge in [-0.15, -0.1) is 24.2 Å². The topological polar surface area (TPSA) is 15.3 Å². The summed E-state index contributed by atoms with van der Waals surface area (Å²) in [6, 6.07) is 9.69. The molecule has 4 heteroatoms. The van der Waals surface area contributed by atoms with Gasteiger partial charge in [0.15, 0.2) is 0 Å². The van der Waals surface area contributed by atoms with E-state index in [1.54, 1.807) is 11.8 Å². The molecule has 1 heterocycles. The molecular weight excluding hydrogens is 264 g/mol. The van der Waals surface area contributed by atoms with Crippen molar-refractivity contribution in [3.8, 4) is 0 Å². The molecule has 0 aliphatic carbocycles. The zero-order valence-corrected chi connectivity index (χ0v) is 12.8. The van der Waals surface area contributed by atoms with Crippen LogP contribution in [-0.4, -0.2) is 37.3 Å². The van der Waals surface area contributed by atoms with Gasteiger partial charge < -0.3 is 5.32 Å². The summed E-state index contributed by atoms with van der Waals surface area (Å²) in [4.78, 5) is 3.91. The summed E-state index contributed by atoms with van der Waals surface area (Å²) in [7, 11) is 2.07. The SMILES string of the molecule is CNC1CCN(Cc2ccc(SC)cc2)CC1.Cl. The number of nitrogens with one attached hydrogen (secondary N) is 1. The number of benzene rings is 1. The molecule has 0 aromatic heterocycles. The zero-order chi connectivity index (χ0) is 12.1. The van der Waals surface area contributed by atoms with Gasteiger partial charge in [-0.1, -0.05) is 12.1 Å². The first-order chi connectivity index (χ1) is 8.31. The van der Waals surface area contributed by atoms with E-state index in [1.165, 1.54) is 36.4 Å². The van der Waals surface area contributed by atoms with Crippen molar-refractivity contribution in [2.75, 3.05) is 26.4 Å². The molecule has 1 fully saturated rings. The van der Waals surface area contributed by atoms with Crippen LogP contribution in [0.1, 0.15) is 18.4 Å². The molecule has 1 aliphatic heterocycles. The monoisotopic (exact) mass is 286 g/mol. The lowest BCUT2D eigenvalue weighted by atomic mass is 10.0. The lowest BCUT2D eigenvalue weighted by Gasteiger charge is -2.31. The van der Waals surface area contributed by atoms with Crippen molar-refractivity contribution in [3.05, 3.63) is 29.8 Å². The summed E-state index contributed by atoms with van der Waals surface area (Å²) in [5.74, 6) is 0. The minimum atomic E-state index is 0. The normalized spacial score (nSPS) is 17.4. The number of thioether (sulfide) groups is 1. The first-order valence-electron chi connectivity index (χ1n) is 6.34. The number of hydrogen-bond donors (Lipinski definition) is 1. The fraction of sp³-hybridized carbons (Fsp3) is 0.571. The van der Waals surface area contributed by atoms with Crippen LogP contribution in [0.25, 0.3) is 0 Å². The summed E-state index contributed by atoms with van der Waals surface area (Å²) >= 11 is 1.80. The molecule has 1 saturated heterocycles. The molecule has 0 amide bonds. The molecule has 18 heavy (non-hydrogen) atoms. The van der Waals surface area contributed by atoms with Crippen molar-refractivity contribution in [2.24, 2.45) is 0 Å². The van der Waals surface area contributed by atoms with Crippen LogP contribution in [0.15, 0.2) is 29.2 Å². The van der Waals surface area contributed by atoms with Crippen LogP contribution in [0.3, 0.4) is 0 Å². The first-order valence-corrected chi connectivity index (χ1v) is 7.57. The van der Waals surface area contributed by atoms with E-state index >= 15 is 0 Å². The molecule has 0 radical (unpaired) electrons. The number of nitrogens with zero attached hydrogens (tertiary/aromatic N) is 1. The van der Waals surface area contributed by atoms with Crippen LogP contribution in [-0.2, 0) is 6.54 Å². The predicted molar refractivity (Wildman–Crippen MR) is 82.8 cm³/mol. The summed E-state index contributed by atoms with van der Waals surface area (Å²) in [5.41, 5.74) is 1.44. The third-order valence-electron chi connectivity index (χ3n) is 3.56. The molecule has 2 nitrogen and oxygen atoms in total. The molecule has 0 saturated carbocycles. The number of likely N-dealkylation sites (tertiary alicyclic amines) is 1. The van der Waals surface area contributed by atoms with Gasteiger partial charge in [-0.25, -0.2) is 0 Å². The second-order valence-electron chi connectivity index (χ2n) is 4.69. The number of hydrogen-bond acceptors (Lipinski definition) is 3. The lowest BCUT2D eigenvalue weighted by molar-refractivity contribution is 0.194. The molecule has 0 unspecified atom stereocenters. The van der Waals surface area contributed by atoms with E-state index in [-0.39, 0.29) is 12.4 Å². The molecular formula is C14H23ClN2S. The number of halogens is 1. The van der Waals surface area contributed by atoms with Gasteiger partial charge in [0.25, 0.3) is 0 Å². The Hall–Kier alpha value is -0.220. The highest BCUT2D eigenvalue weighted by molar-refractivity contribution is 7.98. The van der Waals surface area contributed by atoms with Gasteiger partial charge in [0.05, 0.1) is 0 Å². The lowest BCUT2D eigenvalue weighted by Crippen LogP contribution is -2.40. The average Bonchev–Trinajstić information content (AvgIpc) is 2.40. The quantitative estimate of drug-likeness (QED) is 0.857. The number of rotatable bonds is 4. The van der Waals surface area contributed by atoms with E-state index in [0.717, 1.165) is 12.6 Å². The summed E-state index contributed by atoms with van der Waals surface area (Å²) in [6.07, 6.45) is 4.68. The molecule has 0 bridgehead atoms. The predicted octanol–water partition coefficient (Wildman–Crippen LogP) is 3.01. The molecule has 0 atom stereocenters. The van der Waals surface area contributed by atoms with Gasteiger partial charge in [0.1, 0.15) is 0 Å². The van der Waals surface area contributed by atoms with Gasteiger partial charge in [-0.2, -0.15) is 0 Å². The van der Waals surface area contributed by atoms with Crippen molar-refractivity contribution in [3.63, 3.8) is 0 Å². The van der Waals surface area contributed by atoms with Gasteiger partial charge >= 0.3 is 0 Å². The first kappa shape index (κ1) is 15.8. The highest BCUT2D eigenvalue weighted by Gasteiger charge is 2.17. The fourth-order valence-corrected chi connectivity index (χ4v) is 2.78. The van der Waals surface area contributed by atoms with Gasteiger partial charge in [-0.3, -0.25) is 4.90 Å². The minimum Gasteiger partial charge on any atom is -0.317 e. The van der Waals surface area contributed by atoms with Crippen LogP contribution >= 0.6 is 24.2 Å². The van der Waals surface area contributed by atoms with E-state index in [9.17, 15) is 0 Å². The third-order valence-corrected chi connectivity index (χ3v) is 4.30. The minimum absolute atomic E-state index is 0. The standard InChI is InChI=1S/C14H22N2S.ClH/c1-15-13-7-9-16(10-8-13)11-12-3-5-14(17-2)6-4-12;/h3-6,13,15H,7-11H2,1-2H3;1H. The molecule has 1 N–H and O–H groups in total. The highest BCUT2D eigenvalue weighted by Crippen LogP contribution is 2.17. The van der Waals surface area contributed by atoms with Crippen LogP contribution in [0.4, 0.5) is 0 Å². The van der Waals surface area contributed by atoms with Crippen LogP contribution in [0.2, 0.25) is 0 Å². The van der Waals surface area contributed by atoms with E-state index < -0.39 is 0 Å². The molecule has 1 aliphatic rings. The van der Waals surface area contributed by atoms with Crippen molar-refractivity contribution in [1.82, 2.24) is 10.2 Å². The van der Waals surface area contributed by atoms with E-state index in [2.05, 4.69) is 47.8 Å². The maximum atomic E-state index is 3.37. The Morgan fingerprint density at radius 2 is 1.83 bits per heavy atom. The zero-order valence-electron chi connectivity index (χ0n) is 11.2. The molecule has 2 rings (SSSR count). The Morgan fingerprint density at radius 1 is 1.22 bits per heavy atom. The number of piperidine rings is 1. The van der Waals surface area contributed by atoms with E-state index in [1.807, 2.05) is 0 Å². The molecule has 1 aromatic rings. The Bertz CT molecular complexity index is 334. The van der Waals surface area contributed by atoms with Crippen molar-refractivity contribution < 1.29 is 0 Å². The van der Waals surface area contributed by atoms with E-state index in [4.69, 9.17) is 0 Å². The maximum Gasteiger partial charge on any atom is 0.0233 e. The summed E-state index contributed by atoms with van der Waals surface area (Å²) in [6.45, 7) is 3.54. The average molecular weight is 287 g/mol. The fourth-order valence-electron chi connectivity index (χ4n) is 2.37. The molecule has 1 aromatic carbocycles. The van der Waals surface area contributed by atoms with Gasteiger partial charge in [0.2, 0.25) is 0 Å². The second kappa shape index (κ2) is 8.05. The Kier molecular flexibility index (Phi) is 7.08. The summed E-state index contributed by atoms with van der Waals surface area (Å²) in [5, 5.41) is 3.37. The molecule has 0 spiro atoms. The Labute approximate surface area is 121 Å². The molecule has 102 valence electrons. The summed E-state index contributed by atoms with van der Waals surface area (Å²) < 4.78 is 0. The second-order valence-corrected chi connectivity index (χ2v) is 5.57. The van der Waals surface area contributed by atoms with Crippen LogP contribution in [0.5, 0.6) is 0 Å². The van der Waals surface area contributed by atoms with Crippen LogP contribution < -0.4 is 5.32 Å². The van der Waals surface area contributed by atoms with Crippen molar-refractivity contribution in [2.45, 2.75) is 30.3 Å². The Balaban J connectivity index is 0.00000162. The van der Waals surface area contributed by atoms with Crippen molar-refractivity contribution >= 4 is 24.2 Å². The smallest absolute Gasteiger partial charge is 0.0233 e. The van der Waals surface area contributed by atoms with Gasteiger partial charge in [0, 0.05) is 17.5 Å². The Morgan fingerprint density at radius 3 is 2.33 bits per heavy atom.